The van der Waals surface area contributed by atoms with E-state index in [0.29, 0.717) is 25.4 Å². The molecule has 0 N–H and O–H groups in total. The predicted octanol–water partition coefficient (Wildman–Crippen LogP) is 3.75. The summed E-state index contributed by atoms with van der Waals surface area (Å²) in [5.74, 6) is 0.738. The molecule has 2 rings (SSSR count). The first-order chi connectivity index (χ1) is 10.3. The molecule has 0 fully saturated rings. The zero-order valence-corrected chi connectivity index (χ0v) is 14.2. The van der Waals surface area contributed by atoms with Crippen molar-refractivity contribution < 1.29 is 14.3 Å². The third-order valence-electron chi connectivity index (χ3n) is 3.02. The number of benzene rings is 1. The third kappa shape index (κ3) is 4.89. The molecule has 21 heavy (non-hydrogen) atoms. The van der Waals surface area contributed by atoms with E-state index in [1.165, 1.54) is 0 Å². The van der Waals surface area contributed by atoms with E-state index in [2.05, 4.69) is 11.0 Å². The van der Waals surface area contributed by atoms with E-state index in [9.17, 15) is 4.79 Å². The minimum Gasteiger partial charge on any atom is -0.490 e. The van der Waals surface area contributed by atoms with Gasteiger partial charge in [0.2, 0.25) is 0 Å². The highest BCUT2D eigenvalue weighted by atomic mass is 127. The maximum absolute atomic E-state index is 11.1. The van der Waals surface area contributed by atoms with Crippen molar-refractivity contribution in [1.82, 2.24) is 0 Å². The van der Waals surface area contributed by atoms with Gasteiger partial charge in [0, 0.05) is 5.57 Å². The Hall–Kier alpha value is -1.27. The minimum absolute atomic E-state index is 0.147. The number of allylic oxidation sites excluding steroid dienone is 2. The number of hydrogen-bond donors (Lipinski definition) is 0. The monoisotopic (exact) mass is 398 g/mol. The Morgan fingerprint density at radius 3 is 2.71 bits per heavy atom. The summed E-state index contributed by atoms with van der Waals surface area (Å²) in [5.41, 5.74) is 3.00. The molecule has 0 saturated heterocycles. The molecule has 1 aliphatic heterocycles. The Morgan fingerprint density at radius 2 is 2.00 bits per heavy atom. The van der Waals surface area contributed by atoms with Crippen LogP contribution in [0.15, 0.2) is 51.3 Å². The second kappa shape index (κ2) is 8.89. The fourth-order valence-electron chi connectivity index (χ4n) is 1.92. The Morgan fingerprint density at radius 1 is 1.19 bits per heavy atom. The lowest BCUT2D eigenvalue weighted by atomic mass is 10.1. The summed E-state index contributed by atoms with van der Waals surface area (Å²) in [6.45, 7) is 3.63. The molecule has 1 aromatic rings. The number of halogens is 1. The molecule has 4 heteroatoms. The van der Waals surface area contributed by atoms with Crippen molar-refractivity contribution in [3.63, 3.8) is 0 Å². The molecule has 0 saturated carbocycles. The summed E-state index contributed by atoms with van der Waals surface area (Å²) in [4.78, 5) is 11.1. The smallest absolute Gasteiger partial charge is 0.154 e. The van der Waals surface area contributed by atoms with Gasteiger partial charge in [-0.15, -0.1) is 0 Å². The highest BCUT2D eigenvalue weighted by molar-refractivity contribution is 14.2. The zero-order valence-electron chi connectivity index (χ0n) is 12.0. The van der Waals surface area contributed by atoms with E-state index in [0.717, 1.165) is 29.6 Å². The van der Waals surface area contributed by atoms with Crippen LogP contribution in [0.1, 0.15) is 18.9 Å². The number of carbonyl (C=O) groups is 1. The Labute approximate surface area is 135 Å². The average molecular weight is 398 g/mol. The van der Waals surface area contributed by atoms with Crippen LogP contribution in [0, 0.1) is 0 Å². The molecule has 0 radical (unpaired) electrons. The molecule has 1 aromatic carbocycles. The summed E-state index contributed by atoms with van der Waals surface area (Å²) in [6, 6.07) is 10.0. The molecule has 0 spiro atoms. The molecule has 0 atom stereocenters. The molecule has 1 aliphatic rings. The Balaban J connectivity index is 1.79. The van der Waals surface area contributed by atoms with E-state index in [4.69, 9.17) is 9.47 Å². The van der Waals surface area contributed by atoms with Gasteiger partial charge in [-0.3, -0.25) is 4.79 Å². The van der Waals surface area contributed by atoms with Crippen molar-refractivity contribution in [3.05, 3.63) is 56.9 Å². The quantitative estimate of drug-likeness (QED) is 0.380. The first-order valence-corrected chi connectivity index (χ1v) is 9.42. The Bertz CT molecular complexity index is 559. The van der Waals surface area contributed by atoms with Gasteiger partial charge in [0.05, 0.1) is 18.8 Å². The fourth-order valence-corrected chi connectivity index (χ4v) is 4.07. The van der Waals surface area contributed by atoms with Crippen LogP contribution in [0.5, 0.6) is 0 Å². The Kier molecular flexibility index (Phi) is 6.82. The van der Waals surface area contributed by atoms with Gasteiger partial charge in [-0.1, -0.05) is 58.0 Å². The van der Waals surface area contributed by atoms with Gasteiger partial charge in [-0.05, 0) is 20.1 Å². The zero-order chi connectivity index (χ0) is 14.9. The highest BCUT2D eigenvalue weighted by Crippen LogP contribution is 2.26. The van der Waals surface area contributed by atoms with Crippen molar-refractivity contribution in [1.29, 1.82) is 0 Å². The van der Waals surface area contributed by atoms with Crippen LogP contribution in [0.4, 0.5) is 0 Å². The predicted molar refractivity (Wildman–Crippen MR) is 93.6 cm³/mol. The van der Waals surface area contributed by atoms with Crippen LogP contribution < -0.4 is 0 Å². The summed E-state index contributed by atoms with van der Waals surface area (Å²) in [7, 11) is 0. The molecular formula is C17H19IO3. The van der Waals surface area contributed by atoms with E-state index in [-0.39, 0.29) is 20.7 Å². The SMILES string of the molecule is CCC1=CI=CC(C=O)=C1OCCOCc1ccccc1. The average Bonchev–Trinajstić information content (AvgIpc) is 2.55. The number of carbonyl (C=O) groups excluding carboxylic acids is 1. The van der Waals surface area contributed by atoms with E-state index in [1.807, 2.05) is 34.3 Å². The highest BCUT2D eigenvalue weighted by Gasteiger charge is 2.13. The third-order valence-corrected chi connectivity index (χ3v) is 5.16. The lowest BCUT2D eigenvalue weighted by Gasteiger charge is -2.16. The summed E-state index contributed by atoms with van der Waals surface area (Å²) >= 11 is -0.147. The molecule has 0 amide bonds. The van der Waals surface area contributed by atoms with E-state index >= 15 is 0 Å². The minimum atomic E-state index is -0.147. The van der Waals surface area contributed by atoms with Gasteiger partial charge < -0.3 is 9.47 Å². The first kappa shape index (κ1) is 16.1. The number of aldehydes is 1. The second-order valence-corrected chi connectivity index (χ2v) is 6.48. The summed E-state index contributed by atoms with van der Waals surface area (Å²) in [6.07, 6.45) is 1.79. The second-order valence-electron chi connectivity index (χ2n) is 4.51. The maximum Gasteiger partial charge on any atom is 0.154 e. The van der Waals surface area contributed by atoms with Gasteiger partial charge >= 0.3 is 0 Å². The van der Waals surface area contributed by atoms with Crippen LogP contribution in [-0.4, -0.2) is 23.5 Å². The van der Waals surface area contributed by atoms with Crippen LogP contribution in [0.25, 0.3) is 0 Å². The number of hydrogen-bond acceptors (Lipinski definition) is 3. The molecule has 1 heterocycles. The lowest BCUT2D eigenvalue weighted by Crippen LogP contribution is -2.09. The number of ether oxygens (including phenoxy) is 2. The molecule has 112 valence electrons. The van der Waals surface area contributed by atoms with Crippen molar-refractivity contribution in [2.24, 2.45) is 0 Å². The number of rotatable bonds is 8. The van der Waals surface area contributed by atoms with Gasteiger partial charge in [0.15, 0.2) is 6.29 Å². The lowest BCUT2D eigenvalue weighted by molar-refractivity contribution is -0.104. The topological polar surface area (TPSA) is 35.5 Å². The first-order valence-electron chi connectivity index (χ1n) is 6.93. The van der Waals surface area contributed by atoms with Crippen molar-refractivity contribution in [2.45, 2.75) is 20.0 Å². The van der Waals surface area contributed by atoms with Crippen LogP contribution in [0.2, 0.25) is 0 Å². The summed E-state index contributed by atoms with van der Waals surface area (Å²) < 4.78 is 15.6. The van der Waals surface area contributed by atoms with E-state index in [1.54, 1.807) is 0 Å². The van der Waals surface area contributed by atoms with Gasteiger partial charge in [-0.2, -0.15) is 0 Å². The fraction of sp³-hybridized carbons (Fsp3) is 0.294. The largest absolute Gasteiger partial charge is 0.490 e. The standard InChI is InChI=1S/C17H19IO3/c1-2-15-10-18-11-16(12-19)17(15)21-9-8-20-13-14-6-4-3-5-7-14/h3-7,10-12H,2,8-9,13H2,1H3. The van der Waals surface area contributed by atoms with Crippen molar-refractivity contribution >= 4 is 31.0 Å². The molecule has 0 bridgehead atoms. The summed E-state index contributed by atoms with van der Waals surface area (Å²) in [5, 5.41) is 0. The van der Waals surface area contributed by atoms with Crippen molar-refractivity contribution in [2.75, 3.05) is 13.2 Å². The van der Waals surface area contributed by atoms with Crippen LogP contribution in [0.3, 0.4) is 0 Å². The van der Waals surface area contributed by atoms with Crippen LogP contribution >= 0.6 is 20.7 Å². The van der Waals surface area contributed by atoms with Gasteiger partial charge in [-0.25, -0.2) is 0 Å². The van der Waals surface area contributed by atoms with Crippen LogP contribution in [-0.2, 0) is 20.9 Å². The molecule has 0 aliphatic carbocycles. The van der Waals surface area contributed by atoms with Gasteiger partial charge in [0.1, 0.15) is 12.4 Å². The molecule has 0 unspecified atom stereocenters. The van der Waals surface area contributed by atoms with Crippen molar-refractivity contribution in [3.8, 4) is 0 Å². The normalized spacial score (nSPS) is 14.4. The molecule has 3 nitrogen and oxygen atoms in total. The molecular weight excluding hydrogens is 379 g/mol. The molecule has 0 aromatic heterocycles. The van der Waals surface area contributed by atoms with Gasteiger partial charge in [0.25, 0.3) is 0 Å². The van der Waals surface area contributed by atoms with E-state index < -0.39 is 0 Å². The maximum atomic E-state index is 11.1.